The first kappa shape index (κ1) is 25.3. The van der Waals surface area contributed by atoms with E-state index >= 15 is 0 Å². The van der Waals surface area contributed by atoms with Crippen LogP contribution in [0.25, 0.3) is 0 Å². The predicted octanol–water partition coefficient (Wildman–Crippen LogP) is 6.24. The summed E-state index contributed by atoms with van der Waals surface area (Å²) >= 11 is 0. The average molecular weight is 454 g/mol. The molecule has 1 nitrogen and oxygen atoms in total. The molecule has 0 fully saturated rings. The highest BCUT2D eigenvalue weighted by molar-refractivity contribution is 5.17. The molecule has 0 aliphatic carbocycles. The fourth-order valence-electron chi connectivity index (χ4n) is 2.12. The number of hydrogen-bond donors (Lipinski definition) is 1. The average Bonchev–Trinajstić information content (AvgIpc) is 2.58. The van der Waals surface area contributed by atoms with Crippen LogP contribution in [0.5, 0.6) is 0 Å². The van der Waals surface area contributed by atoms with E-state index in [-0.39, 0.29) is 5.56 Å². The molecule has 0 spiro atoms. The van der Waals surface area contributed by atoms with Crippen molar-refractivity contribution in [2.24, 2.45) is 0 Å². The van der Waals surface area contributed by atoms with Gasteiger partial charge in [0, 0.05) is 6.42 Å². The summed E-state index contributed by atoms with van der Waals surface area (Å²) in [7, 11) is 0. The molecule has 29 heavy (non-hydrogen) atoms. The Morgan fingerprint density at radius 3 is 1.45 bits per heavy atom. The Balaban J connectivity index is 3.18. The molecule has 0 aliphatic rings. The number of aliphatic hydroxyl groups excluding tert-OH is 1. The Bertz CT molecular complexity index is 681. The van der Waals surface area contributed by atoms with Crippen LogP contribution < -0.4 is 0 Å². The van der Waals surface area contributed by atoms with Crippen molar-refractivity contribution in [2.75, 3.05) is 0 Å². The van der Waals surface area contributed by atoms with Gasteiger partial charge >= 0.3 is 35.8 Å². The standard InChI is InChI=1S/C15H11F13O/c16-10(17,7-6-9(29)8-4-2-1-3-5-8)11(18,19)12(20,21)13(22,23)14(24,25)15(26,27)28/h1-5,9,29H,6-7H2/t9-/m1/s1. The summed E-state index contributed by atoms with van der Waals surface area (Å²) in [6, 6.07) is 6.13. The molecular formula is C15H11F13O. The molecule has 1 aromatic carbocycles. The quantitative estimate of drug-likeness (QED) is 0.462. The van der Waals surface area contributed by atoms with Gasteiger partial charge in [-0.1, -0.05) is 30.3 Å². The van der Waals surface area contributed by atoms with Crippen molar-refractivity contribution in [1.82, 2.24) is 0 Å². The maximum absolute atomic E-state index is 13.6. The van der Waals surface area contributed by atoms with Gasteiger partial charge in [-0.05, 0) is 12.0 Å². The smallest absolute Gasteiger partial charge is 0.388 e. The van der Waals surface area contributed by atoms with Gasteiger partial charge in [-0.3, -0.25) is 0 Å². The van der Waals surface area contributed by atoms with Gasteiger partial charge < -0.3 is 5.11 Å². The molecule has 0 unspecified atom stereocenters. The molecule has 0 saturated carbocycles. The second kappa shape index (κ2) is 7.51. The van der Waals surface area contributed by atoms with Crippen molar-refractivity contribution in [3.05, 3.63) is 35.9 Å². The molecule has 0 aliphatic heterocycles. The van der Waals surface area contributed by atoms with E-state index in [4.69, 9.17) is 0 Å². The van der Waals surface area contributed by atoms with Crippen molar-refractivity contribution in [2.45, 2.75) is 54.7 Å². The maximum Gasteiger partial charge on any atom is 0.460 e. The van der Waals surface area contributed by atoms with Crippen molar-refractivity contribution in [3.8, 4) is 0 Å². The molecule has 0 radical (unpaired) electrons. The summed E-state index contributed by atoms with van der Waals surface area (Å²) in [5, 5.41) is 9.57. The molecule has 0 amide bonds. The Kier molecular flexibility index (Phi) is 6.55. The molecular weight excluding hydrogens is 443 g/mol. The maximum atomic E-state index is 13.6. The fraction of sp³-hybridized carbons (Fsp3) is 0.600. The number of alkyl halides is 13. The minimum Gasteiger partial charge on any atom is -0.388 e. The highest BCUT2D eigenvalue weighted by Crippen LogP contribution is 2.60. The third kappa shape index (κ3) is 4.12. The van der Waals surface area contributed by atoms with Crippen molar-refractivity contribution < 1.29 is 62.2 Å². The van der Waals surface area contributed by atoms with Crippen LogP contribution in [-0.2, 0) is 0 Å². The second-order valence-electron chi connectivity index (χ2n) is 5.96. The van der Waals surface area contributed by atoms with Crippen LogP contribution in [0, 0.1) is 0 Å². The molecule has 0 bridgehead atoms. The minimum absolute atomic E-state index is 0.160. The summed E-state index contributed by atoms with van der Waals surface area (Å²) < 4.78 is 168. The first-order chi connectivity index (χ1) is 12.7. The van der Waals surface area contributed by atoms with Gasteiger partial charge in [0.15, 0.2) is 0 Å². The molecule has 14 heteroatoms. The van der Waals surface area contributed by atoms with Gasteiger partial charge in [0.1, 0.15) is 0 Å². The fourth-order valence-corrected chi connectivity index (χ4v) is 2.12. The summed E-state index contributed by atoms with van der Waals surface area (Å²) in [5.41, 5.74) is -0.160. The molecule has 0 aromatic heterocycles. The van der Waals surface area contributed by atoms with Crippen LogP contribution in [0.1, 0.15) is 24.5 Å². The molecule has 0 heterocycles. The van der Waals surface area contributed by atoms with Crippen LogP contribution in [0.3, 0.4) is 0 Å². The first-order valence-corrected chi connectivity index (χ1v) is 7.43. The Morgan fingerprint density at radius 2 is 1.03 bits per heavy atom. The highest BCUT2D eigenvalue weighted by Gasteiger charge is 2.90. The Labute approximate surface area is 154 Å². The van der Waals surface area contributed by atoms with Crippen LogP contribution in [0.15, 0.2) is 30.3 Å². The van der Waals surface area contributed by atoms with Crippen molar-refractivity contribution >= 4 is 0 Å². The number of hydrogen-bond acceptors (Lipinski definition) is 1. The summed E-state index contributed by atoms with van der Waals surface area (Å²) in [6.07, 6.45) is -13.3. The number of benzene rings is 1. The van der Waals surface area contributed by atoms with Gasteiger partial charge in [-0.25, -0.2) is 0 Å². The summed E-state index contributed by atoms with van der Waals surface area (Å²) in [4.78, 5) is 0. The first-order valence-electron chi connectivity index (χ1n) is 7.43. The summed E-state index contributed by atoms with van der Waals surface area (Å²) in [6.45, 7) is 0. The monoisotopic (exact) mass is 454 g/mol. The van der Waals surface area contributed by atoms with Gasteiger partial charge in [0.05, 0.1) is 6.10 Å². The van der Waals surface area contributed by atoms with Gasteiger partial charge in [0.25, 0.3) is 0 Å². The van der Waals surface area contributed by atoms with E-state index in [0.717, 1.165) is 12.1 Å². The molecule has 1 N–H and O–H groups in total. The number of rotatable bonds is 8. The highest BCUT2D eigenvalue weighted by atomic mass is 19.4. The molecule has 1 aromatic rings. The number of aliphatic hydroxyl groups is 1. The van der Waals surface area contributed by atoms with E-state index in [1.165, 1.54) is 18.2 Å². The molecule has 168 valence electrons. The molecule has 0 saturated heterocycles. The lowest BCUT2D eigenvalue weighted by molar-refractivity contribution is -0.440. The summed E-state index contributed by atoms with van der Waals surface area (Å²) in [5.74, 6) is -37.0. The zero-order chi connectivity index (χ0) is 23.1. The van der Waals surface area contributed by atoms with E-state index in [1.807, 2.05) is 0 Å². The van der Waals surface area contributed by atoms with Gasteiger partial charge in [-0.2, -0.15) is 57.1 Å². The van der Waals surface area contributed by atoms with E-state index < -0.39 is 54.7 Å². The molecule has 1 rings (SSSR count). The zero-order valence-corrected chi connectivity index (χ0v) is 13.7. The van der Waals surface area contributed by atoms with E-state index in [1.54, 1.807) is 0 Å². The van der Waals surface area contributed by atoms with Crippen molar-refractivity contribution in [3.63, 3.8) is 0 Å². The SMILES string of the molecule is O[C@H](CCC(F)(F)C(F)(F)C(F)(F)C(F)(F)C(F)(F)C(F)(F)F)c1ccccc1. The Morgan fingerprint density at radius 1 is 0.621 bits per heavy atom. The third-order valence-corrected chi connectivity index (χ3v) is 3.91. The Hall–Kier alpha value is -1.73. The van der Waals surface area contributed by atoms with Crippen LogP contribution in [-0.4, -0.2) is 40.9 Å². The topological polar surface area (TPSA) is 20.2 Å². The lowest BCUT2D eigenvalue weighted by Gasteiger charge is -2.39. The molecule has 1 atom stereocenters. The number of halogens is 13. The van der Waals surface area contributed by atoms with E-state index in [9.17, 15) is 62.2 Å². The van der Waals surface area contributed by atoms with Gasteiger partial charge in [-0.15, -0.1) is 0 Å². The second-order valence-corrected chi connectivity index (χ2v) is 5.96. The van der Waals surface area contributed by atoms with Crippen LogP contribution >= 0.6 is 0 Å². The van der Waals surface area contributed by atoms with E-state index in [2.05, 4.69) is 0 Å². The predicted molar refractivity (Wildman–Crippen MR) is 71.4 cm³/mol. The zero-order valence-electron chi connectivity index (χ0n) is 13.7. The minimum atomic E-state index is -7.91. The van der Waals surface area contributed by atoms with E-state index in [0.29, 0.717) is 0 Å². The lowest BCUT2D eigenvalue weighted by Crippen LogP contribution is -2.70. The van der Waals surface area contributed by atoms with Crippen LogP contribution in [0.2, 0.25) is 0 Å². The largest absolute Gasteiger partial charge is 0.460 e. The van der Waals surface area contributed by atoms with Crippen molar-refractivity contribution in [1.29, 1.82) is 0 Å². The van der Waals surface area contributed by atoms with Crippen LogP contribution in [0.4, 0.5) is 57.1 Å². The third-order valence-electron chi connectivity index (χ3n) is 3.91. The lowest BCUT2D eigenvalue weighted by atomic mass is 9.91. The van der Waals surface area contributed by atoms with Gasteiger partial charge in [0.2, 0.25) is 0 Å². The normalized spacial score (nSPS) is 16.1.